The number of likely N-dealkylation sites (tertiary alicyclic amines) is 1. The number of hydrogen-bond donors (Lipinski definition) is 2. The highest BCUT2D eigenvalue weighted by Crippen LogP contribution is 2.13. The fourth-order valence-electron chi connectivity index (χ4n) is 2.75. The Bertz CT molecular complexity index is 455. The van der Waals surface area contributed by atoms with Crippen LogP contribution in [-0.2, 0) is 9.59 Å². The summed E-state index contributed by atoms with van der Waals surface area (Å²) in [5.41, 5.74) is 0.0131. The first-order valence-corrected chi connectivity index (χ1v) is 7.63. The second-order valence-corrected chi connectivity index (χ2v) is 5.56. The smallest absolute Gasteiger partial charge is 0.266 e. The molecular formula is C15H22N4O2. The van der Waals surface area contributed by atoms with Gasteiger partial charge in [0.1, 0.15) is 11.6 Å². The number of carbonyl (C=O) groups is 2. The van der Waals surface area contributed by atoms with Gasteiger partial charge in [0, 0.05) is 25.2 Å². The molecule has 114 valence electrons. The Kier molecular flexibility index (Phi) is 5.76. The average molecular weight is 290 g/mol. The summed E-state index contributed by atoms with van der Waals surface area (Å²) in [6.07, 6.45) is 5.95. The number of hydrogen-bond acceptors (Lipinski definition) is 4. The van der Waals surface area contributed by atoms with Crippen molar-refractivity contribution in [3.63, 3.8) is 0 Å². The van der Waals surface area contributed by atoms with Crippen molar-refractivity contribution < 1.29 is 9.59 Å². The van der Waals surface area contributed by atoms with Crippen LogP contribution in [0, 0.1) is 17.2 Å². The molecule has 0 atom stereocenters. The Morgan fingerprint density at radius 2 is 1.86 bits per heavy atom. The molecule has 0 spiro atoms. The Labute approximate surface area is 125 Å². The quantitative estimate of drug-likeness (QED) is 0.586. The molecule has 0 saturated carbocycles. The van der Waals surface area contributed by atoms with Gasteiger partial charge in [-0.1, -0.05) is 0 Å². The molecule has 2 heterocycles. The largest absolute Gasteiger partial charge is 0.338 e. The molecule has 21 heavy (non-hydrogen) atoms. The second kappa shape index (κ2) is 7.79. The predicted molar refractivity (Wildman–Crippen MR) is 77.9 cm³/mol. The molecule has 0 aromatic heterocycles. The number of piperidine rings is 2. The fourth-order valence-corrected chi connectivity index (χ4v) is 2.75. The van der Waals surface area contributed by atoms with Crippen LogP contribution in [0.25, 0.3) is 0 Å². The van der Waals surface area contributed by atoms with Gasteiger partial charge in [-0.15, -0.1) is 0 Å². The van der Waals surface area contributed by atoms with Gasteiger partial charge in [-0.2, -0.15) is 5.26 Å². The summed E-state index contributed by atoms with van der Waals surface area (Å²) in [7, 11) is 0. The molecule has 6 nitrogen and oxygen atoms in total. The van der Waals surface area contributed by atoms with E-state index in [2.05, 4.69) is 10.6 Å². The Hall–Kier alpha value is -1.87. The summed E-state index contributed by atoms with van der Waals surface area (Å²) in [4.78, 5) is 25.9. The molecule has 0 radical (unpaired) electrons. The van der Waals surface area contributed by atoms with Gasteiger partial charge in [0.15, 0.2) is 0 Å². The third-order valence-electron chi connectivity index (χ3n) is 4.06. The van der Waals surface area contributed by atoms with E-state index in [1.54, 1.807) is 4.90 Å². The van der Waals surface area contributed by atoms with Gasteiger partial charge in [0.05, 0.1) is 0 Å². The monoisotopic (exact) mass is 290 g/mol. The highest BCUT2D eigenvalue weighted by atomic mass is 16.2. The lowest BCUT2D eigenvalue weighted by Crippen LogP contribution is -2.38. The number of amides is 2. The number of nitriles is 1. The molecule has 2 fully saturated rings. The minimum atomic E-state index is -0.275. The van der Waals surface area contributed by atoms with E-state index in [1.165, 1.54) is 6.20 Å². The zero-order valence-electron chi connectivity index (χ0n) is 12.2. The van der Waals surface area contributed by atoms with E-state index in [9.17, 15) is 9.59 Å². The third kappa shape index (κ3) is 4.30. The van der Waals surface area contributed by atoms with E-state index in [-0.39, 0.29) is 23.3 Å². The molecule has 2 saturated heterocycles. The second-order valence-electron chi connectivity index (χ2n) is 5.56. The van der Waals surface area contributed by atoms with Crippen LogP contribution in [-0.4, -0.2) is 42.9 Å². The third-order valence-corrected chi connectivity index (χ3v) is 4.06. The molecule has 0 bridgehead atoms. The minimum absolute atomic E-state index is 0.0131. The van der Waals surface area contributed by atoms with Crippen LogP contribution in [0.5, 0.6) is 0 Å². The minimum Gasteiger partial charge on any atom is -0.338 e. The van der Waals surface area contributed by atoms with Crippen molar-refractivity contribution in [2.75, 3.05) is 26.2 Å². The Morgan fingerprint density at radius 1 is 1.19 bits per heavy atom. The standard InChI is InChI=1S/C15H22N4O2/c16-10-13(15(21)19-8-2-1-3-9-19)11-18-14(20)12-4-6-17-7-5-12/h11-12,17H,1-9H2,(H,18,20)/b13-11-. The van der Waals surface area contributed by atoms with Crippen molar-refractivity contribution in [1.29, 1.82) is 5.26 Å². The van der Waals surface area contributed by atoms with Crippen molar-refractivity contribution in [3.8, 4) is 6.07 Å². The van der Waals surface area contributed by atoms with Crippen molar-refractivity contribution in [2.45, 2.75) is 32.1 Å². The van der Waals surface area contributed by atoms with E-state index in [0.717, 1.165) is 45.2 Å². The van der Waals surface area contributed by atoms with Gasteiger partial charge in [-0.3, -0.25) is 9.59 Å². The van der Waals surface area contributed by atoms with Crippen LogP contribution in [0.1, 0.15) is 32.1 Å². The molecular weight excluding hydrogens is 268 g/mol. The normalized spacial score (nSPS) is 20.7. The van der Waals surface area contributed by atoms with Crippen molar-refractivity contribution in [3.05, 3.63) is 11.8 Å². The lowest BCUT2D eigenvalue weighted by Gasteiger charge is -2.26. The van der Waals surface area contributed by atoms with Gasteiger partial charge in [0.25, 0.3) is 5.91 Å². The topological polar surface area (TPSA) is 85.2 Å². The van der Waals surface area contributed by atoms with Gasteiger partial charge in [0.2, 0.25) is 5.91 Å². The summed E-state index contributed by atoms with van der Waals surface area (Å²) < 4.78 is 0. The highest BCUT2D eigenvalue weighted by Gasteiger charge is 2.22. The summed E-state index contributed by atoms with van der Waals surface area (Å²) in [5.74, 6) is -0.411. The summed E-state index contributed by atoms with van der Waals surface area (Å²) in [5, 5.41) is 14.9. The molecule has 2 amide bonds. The molecule has 2 rings (SSSR count). The van der Waals surface area contributed by atoms with E-state index in [1.807, 2.05) is 6.07 Å². The summed E-state index contributed by atoms with van der Waals surface area (Å²) in [6, 6.07) is 1.90. The average Bonchev–Trinajstić information content (AvgIpc) is 2.56. The van der Waals surface area contributed by atoms with Crippen LogP contribution >= 0.6 is 0 Å². The fraction of sp³-hybridized carbons (Fsp3) is 0.667. The molecule has 0 aromatic rings. The van der Waals surface area contributed by atoms with Gasteiger partial charge in [-0.05, 0) is 45.2 Å². The van der Waals surface area contributed by atoms with Crippen LogP contribution in [0.3, 0.4) is 0 Å². The SMILES string of the molecule is N#C/C(=C/NC(=O)C1CCNCC1)C(=O)N1CCCCC1. The summed E-state index contributed by atoms with van der Waals surface area (Å²) in [6.45, 7) is 3.05. The summed E-state index contributed by atoms with van der Waals surface area (Å²) >= 11 is 0. The maximum absolute atomic E-state index is 12.2. The highest BCUT2D eigenvalue weighted by molar-refractivity contribution is 5.97. The number of nitrogens with one attached hydrogen (secondary N) is 2. The van der Waals surface area contributed by atoms with Crippen LogP contribution in [0.2, 0.25) is 0 Å². The zero-order chi connectivity index (χ0) is 15.1. The number of nitrogens with zero attached hydrogens (tertiary/aromatic N) is 2. The van der Waals surface area contributed by atoms with Crippen LogP contribution in [0.15, 0.2) is 11.8 Å². The van der Waals surface area contributed by atoms with E-state index in [4.69, 9.17) is 5.26 Å². The van der Waals surface area contributed by atoms with Gasteiger partial charge < -0.3 is 15.5 Å². The maximum atomic E-state index is 12.2. The van der Waals surface area contributed by atoms with E-state index < -0.39 is 0 Å². The lowest BCUT2D eigenvalue weighted by molar-refractivity contribution is -0.127. The number of rotatable bonds is 3. The van der Waals surface area contributed by atoms with Crippen LogP contribution in [0.4, 0.5) is 0 Å². The van der Waals surface area contributed by atoms with Gasteiger partial charge >= 0.3 is 0 Å². The van der Waals surface area contributed by atoms with Gasteiger partial charge in [-0.25, -0.2) is 0 Å². The predicted octanol–water partition coefficient (Wildman–Crippen LogP) is 0.522. The van der Waals surface area contributed by atoms with Crippen LogP contribution < -0.4 is 10.6 Å². The first-order chi connectivity index (χ1) is 10.2. The lowest BCUT2D eigenvalue weighted by atomic mass is 9.97. The Morgan fingerprint density at radius 3 is 2.48 bits per heavy atom. The molecule has 6 heteroatoms. The number of carbonyl (C=O) groups excluding carboxylic acids is 2. The van der Waals surface area contributed by atoms with Crippen molar-refractivity contribution in [1.82, 2.24) is 15.5 Å². The maximum Gasteiger partial charge on any atom is 0.266 e. The first kappa shape index (κ1) is 15.5. The molecule has 2 aliphatic rings. The molecule has 2 N–H and O–H groups in total. The van der Waals surface area contributed by atoms with E-state index >= 15 is 0 Å². The molecule has 0 aliphatic carbocycles. The van der Waals surface area contributed by atoms with Crippen molar-refractivity contribution >= 4 is 11.8 Å². The zero-order valence-corrected chi connectivity index (χ0v) is 12.2. The molecule has 0 aromatic carbocycles. The van der Waals surface area contributed by atoms with E-state index in [0.29, 0.717) is 13.1 Å². The molecule has 2 aliphatic heterocycles. The van der Waals surface area contributed by atoms with Crippen molar-refractivity contribution in [2.24, 2.45) is 5.92 Å². The molecule has 0 unspecified atom stereocenters. The Balaban J connectivity index is 1.91. The first-order valence-electron chi connectivity index (χ1n) is 7.63.